The van der Waals surface area contributed by atoms with Gasteiger partial charge in [0.25, 0.3) is 0 Å². The van der Waals surface area contributed by atoms with E-state index in [1.807, 2.05) is 42.6 Å². The SMILES string of the molecule is Clc1ccc(Cc2cnc(Cc3ccccc3)[nH]2)cc1Cl. The molecular formula is C17H14Cl2N2. The first-order chi connectivity index (χ1) is 10.2. The van der Waals surface area contributed by atoms with Crippen LogP contribution in [0.2, 0.25) is 10.0 Å². The number of nitrogens with one attached hydrogen (secondary N) is 1. The van der Waals surface area contributed by atoms with Crippen molar-refractivity contribution in [1.82, 2.24) is 9.97 Å². The molecular weight excluding hydrogens is 303 g/mol. The van der Waals surface area contributed by atoms with E-state index in [2.05, 4.69) is 22.1 Å². The van der Waals surface area contributed by atoms with Gasteiger partial charge in [-0.25, -0.2) is 4.98 Å². The molecule has 0 amide bonds. The van der Waals surface area contributed by atoms with Gasteiger partial charge in [0.1, 0.15) is 5.82 Å². The number of nitrogens with zero attached hydrogens (tertiary/aromatic N) is 1. The molecule has 0 bridgehead atoms. The second kappa shape index (κ2) is 6.33. The molecule has 21 heavy (non-hydrogen) atoms. The third-order valence-electron chi connectivity index (χ3n) is 3.27. The Labute approximate surface area is 133 Å². The molecule has 2 nitrogen and oxygen atoms in total. The summed E-state index contributed by atoms with van der Waals surface area (Å²) in [5.41, 5.74) is 3.42. The van der Waals surface area contributed by atoms with Gasteiger partial charge < -0.3 is 4.98 Å². The number of imidazole rings is 1. The lowest BCUT2D eigenvalue weighted by Gasteiger charge is -2.01. The van der Waals surface area contributed by atoms with Crippen LogP contribution in [-0.4, -0.2) is 9.97 Å². The zero-order valence-electron chi connectivity index (χ0n) is 11.3. The van der Waals surface area contributed by atoms with Gasteiger partial charge in [0.05, 0.1) is 10.0 Å². The van der Waals surface area contributed by atoms with Crippen molar-refractivity contribution >= 4 is 23.2 Å². The standard InChI is InChI=1S/C17H14Cl2N2/c18-15-7-6-13(9-16(15)19)8-14-11-20-17(21-14)10-12-4-2-1-3-5-12/h1-7,9,11H,8,10H2,(H,20,21). The van der Waals surface area contributed by atoms with Crippen molar-refractivity contribution in [3.05, 3.63) is 87.4 Å². The Kier molecular flexibility index (Phi) is 4.28. The van der Waals surface area contributed by atoms with Crippen molar-refractivity contribution in [1.29, 1.82) is 0 Å². The number of hydrogen-bond acceptors (Lipinski definition) is 1. The lowest BCUT2D eigenvalue weighted by atomic mass is 10.1. The summed E-state index contributed by atoms with van der Waals surface area (Å²) in [6, 6.07) is 16.0. The lowest BCUT2D eigenvalue weighted by molar-refractivity contribution is 1.000. The van der Waals surface area contributed by atoms with E-state index in [4.69, 9.17) is 23.2 Å². The second-order valence-corrected chi connectivity index (χ2v) is 5.76. The molecule has 1 N–H and O–H groups in total. The largest absolute Gasteiger partial charge is 0.345 e. The van der Waals surface area contributed by atoms with E-state index in [9.17, 15) is 0 Å². The Morgan fingerprint density at radius 3 is 2.43 bits per heavy atom. The predicted molar refractivity (Wildman–Crippen MR) is 87.1 cm³/mol. The maximum Gasteiger partial charge on any atom is 0.110 e. The van der Waals surface area contributed by atoms with Gasteiger partial charge in [0.2, 0.25) is 0 Å². The van der Waals surface area contributed by atoms with Crippen LogP contribution >= 0.6 is 23.2 Å². The number of aromatic nitrogens is 2. The van der Waals surface area contributed by atoms with Gasteiger partial charge in [0.15, 0.2) is 0 Å². The third kappa shape index (κ3) is 3.66. The average molecular weight is 317 g/mol. The summed E-state index contributed by atoms with van der Waals surface area (Å²) < 4.78 is 0. The maximum atomic E-state index is 6.03. The van der Waals surface area contributed by atoms with Gasteiger partial charge in [-0.05, 0) is 23.3 Å². The molecule has 0 atom stereocenters. The highest BCUT2D eigenvalue weighted by molar-refractivity contribution is 6.42. The number of rotatable bonds is 4. The van der Waals surface area contributed by atoms with Crippen molar-refractivity contribution < 1.29 is 0 Å². The minimum atomic E-state index is 0.579. The molecule has 0 aliphatic rings. The van der Waals surface area contributed by atoms with E-state index < -0.39 is 0 Å². The molecule has 4 heteroatoms. The molecule has 0 radical (unpaired) electrons. The van der Waals surface area contributed by atoms with Crippen molar-refractivity contribution in [3.8, 4) is 0 Å². The molecule has 0 saturated heterocycles. The van der Waals surface area contributed by atoms with Crippen molar-refractivity contribution in [2.45, 2.75) is 12.8 Å². The van der Waals surface area contributed by atoms with Crippen LogP contribution in [0.1, 0.15) is 22.6 Å². The van der Waals surface area contributed by atoms with Crippen molar-refractivity contribution in [2.24, 2.45) is 0 Å². The Hall–Kier alpha value is -1.77. The van der Waals surface area contributed by atoms with E-state index in [0.29, 0.717) is 10.0 Å². The highest BCUT2D eigenvalue weighted by atomic mass is 35.5. The summed E-state index contributed by atoms with van der Waals surface area (Å²) in [6.07, 6.45) is 3.45. The van der Waals surface area contributed by atoms with Gasteiger partial charge in [0, 0.05) is 24.7 Å². The fourth-order valence-corrected chi connectivity index (χ4v) is 2.56. The molecule has 3 aromatic rings. The molecule has 0 unspecified atom stereocenters. The molecule has 0 aliphatic heterocycles. The molecule has 0 fully saturated rings. The molecule has 1 heterocycles. The summed E-state index contributed by atoms with van der Waals surface area (Å²) in [5, 5.41) is 1.16. The predicted octanol–water partition coefficient (Wildman–Crippen LogP) is 4.90. The number of aromatic amines is 1. The summed E-state index contributed by atoms with van der Waals surface area (Å²) >= 11 is 12.0. The van der Waals surface area contributed by atoms with Crippen LogP contribution in [0, 0.1) is 0 Å². The normalized spacial score (nSPS) is 10.8. The summed E-state index contributed by atoms with van der Waals surface area (Å²) in [4.78, 5) is 7.79. The number of benzene rings is 2. The monoisotopic (exact) mass is 316 g/mol. The fourth-order valence-electron chi connectivity index (χ4n) is 2.24. The molecule has 2 aromatic carbocycles. The lowest BCUT2D eigenvalue weighted by Crippen LogP contribution is -1.92. The Morgan fingerprint density at radius 1 is 0.857 bits per heavy atom. The number of hydrogen-bond donors (Lipinski definition) is 1. The van der Waals surface area contributed by atoms with E-state index >= 15 is 0 Å². The maximum absolute atomic E-state index is 6.03. The smallest absolute Gasteiger partial charge is 0.110 e. The Morgan fingerprint density at radius 2 is 1.67 bits per heavy atom. The number of halogens is 2. The van der Waals surface area contributed by atoms with E-state index in [1.54, 1.807) is 0 Å². The van der Waals surface area contributed by atoms with Crippen LogP contribution in [0.5, 0.6) is 0 Å². The van der Waals surface area contributed by atoms with E-state index in [-0.39, 0.29) is 0 Å². The topological polar surface area (TPSA) is 28.7 Å². The van der Waals surface area contributed by atoms with Crippen molar-refractivity contribution in [3.63, 3.8) is 0 Å². The van der Waals surface area contributed by atoms with Crippen molar-refractivity contribution in [2.75, 3.05) is 0 Å². The van der Waals surface area contributed by atoms with Crippen LogP contribution < -0.4 is 0 Å². The van der Waals surface area contributed by atoms with Crippen LogP contribution in [0.25, 0.3) is 0 Å². The van der Waals surface area contributed by atoms with Gasteiger partial charge in [-0.3, -0.25) is 0 Å². The third-order valence-corrected chi connectivity index (χ3v) is 4.01. The molecule has 3 rings (SSSR count). The fraction of sp³-hybridized carbons (Fsp3) is 0.118. The Bertz CT molecular complexity index is 736. The molecule has 0 saturated carbocycles. The first-order valence-corrected chi connectivity index (χ1v) is 7.47. The van der Waals surface area contributed by atoms with Gasteiger partial charge in [-0.1, -0.05) is 59.6 Å². The van der Waals surface area contributed by atoms with E-state index in [0.717, 1.165) is 29.9 Å². The highest BCUT2D eigenvalue weighted by Gasteiger charge is 2.05. The quantitative estimate of drug-likeness (QED) is 0.728. The summed E-state index contributed by atoms with van der Waals surface area (Å²) in [6.45, 7) is 0. The zero-order chi connectivity index (χ0) is 14.7. The Balaban J connectivity index is 1.71. The van der Waals surface area contributed by atoms with Crippen LogP contribution in [0.15, 0.2) is 54.7 Å². The van der Waals surface area contributed by atoms with E-state index in [1.165, 1.54) is 5.56 Å². The van der Waals surface area contributed by atoms with Crippen LogP contribution in [0.3, 0.4) is 0 Å². The van der Waals surface area contributed by atoms with Gasteiger partial charge in [-0.15, -0.1) is 0 Å². The van der Waals surface area contributed by atoms with Crippen LogP contribution in [-0.2, 0) is 12.8 Å². The molecule has 0 spiro atoms. The second-order valence-electron chi connectivity index (χ2n) is 4.94. The van der Waals surface area contributed by atoms with Gasteiger partial charge >= 0.3 is 0 Å². The minimum absolute atomic E-state index is 0.579. The first kappa shape index (κ1) is 14.2. The zero-order valence-corrected chi connectivity index (χ0v) is 12.8. The summed E-state index contributed by atoms with van der Waals surface area (Å²) in [7, 11) is 0. The molecule has 106 valence electrons. The van der Waals surface area contributed by atoms with Crippen LogP contribution in [0.4, 0.5) is 0 Å². The molecule has 1 aromatic heterocycles. The summed E-state index contributed by atoms with van der Waals surface area (Å²) in [5.74, 6) is 0.969. The first-order valence-electron chi connectivity index (χ1n) is 6.71. The van der Waals surface area contributed by atoms with Gasteiger partial charge in [-0.2, -0.15) is 0 Å². The minimum Gasteiger partial charge on any atom is -0.345 e. The average Bonchev–Trinajstić information content (AvgIpc) is 2.91. The number of H-pyrrole nitrogens is 1. The highest BCUT2D eigenvalue weighted by Crippen LogP contribution is 2.23. The molecule has 0 aliphatic carbocycles.